The van der Waals surface area contributed by atoms with E-state index in [0.29, 0.717) is 30.2 Å². The predicted octanol–water partition coefficient (Wildman–Crippen LogP) is 3.56. The summed E-state index contributed by atoms with van der Waals surface area (Å²) in [6.45, 7) is 3.15. The Balaban J connectivity index is 1.34. The third-order valence-corrected chi connectivity index (χ3v) is 5.44. The van der Waals surface area contributed by atoms with Crippen molar-refractivity contribution < 1.29 is 9.59 Å². The van der Waals surface area contributed by atoms with Crippen LogP contribution in [0.5, 0.6) is 0 Å². The van der Waals surface area contributed by atoms with Crippen molar-refractivity contribution in [2.24, 2.45) is 0 Å². The molecule has 31 heavy (non-hydrogen) atoms. The number of likely N-dealkylation sites (tertiary alicyclic amines) is 1. The first-order chi connectivity index (χ1) is 15.1. The Morgan fingerprint density at radius 3 is 2.45 bits per heavy atom. The molecule has 0 bridgehead atoms. The van der Waals surface area contributed by atoms with Crippen LogP contribution in [0.4, 0.5) is 11.6 Å². The Hall–Kier alpha value is -3.74. The highest BCUT2D eigenvalue weighted by atomic mass is 16.2. The van der Waals surface area contributed by atoms with Crippen LogP contribution in [0, 0.1) is 6.92 Å². The molecule has 1 aromatic heterocycles. The van der Waals surface area contributed by atoms with Gasteiger partial charge in [-0.2, -0.15) is 0 Å². The first-order valence-electron chi connectivity index (χ1n) is 10.4. The van der Waals surface area contributed by atoms with Gasteiger partial charge in [0, 0.05) is 48.3 Å². The molecule has 0 unspecified atom stereocenters. The van der Waals surface area contributed by atoms with Gasteiger partial charge in [0.2, 0.25) is 5.95 Å². The van der Waals surface area contributed by atoms with Crippen LogP contribution in [0.25, 0.3) is 0 Å². The molecule has 4 rings (SSSR count). The fourth-order valence-corrected chi connectivity index (χ4v) is 3.72. The van der Waals surface area contributed by atoms with E-state index in [1.54, 1.807) is 18.5 Å². The molecule has 7 nitrogen and oxygen atoms in total. The number of nitrogens with zero attached hydrogens (tertiary/aromatic N) is 3. The molecule has 2 amide bonds. The van der Waals surface area contributed by atoms with Crippen molar-refractivity contribution in [1.82, 2.24) is 20.2 Å². The highest BCUT2D eigenvalue weighted by Crippen LogP contribution is 2.19. The second-order valence-corrected chi connectivity index (χ2v) is 7.63. The van der Waals surface area contributed by atoms with Crippen LogP contribution in [0.1, 0.15) is 39.1 Å². The van der Waals surface area contributed by atoms with E-state index in [1.165, 1.54) is 0 Å². The molecule has 7 heteroatoms. The molecule has 0 spiro atoms. The molecule has 0 aliphatic carbocycles. The summed E-state index contributed by atoms with van der Waals surface area (Å²) < 4.78 is 0. The monoisotopic (exact) mass is 415 g/mol. The molecule has 1 aliphatic heterocycles. The maximum absolute atomic E-state index is 13.0. The molecule has 0 atom stereocenters. The van der Waals surface area contributed by atoms with Crippen LogP contribution >= 0.6 is 0 Å². The van der Waals surface area contributed by atoms with E-state index in [9.17, 15) is 9.59 Å². The van der Waals surface area contributed by atoms with Gasteiger partial charge in [-0.25, -0.2) is 9.97 Å². The lowest BCUT2D eigenvalue weighted by Gasteiger charge is -2.32. The van der Waals surface area contributed by atoms with Crippen LogP contribution in [0.15, 0.2) is 67.0 Å². The van der Waals surface area contributed by atoms with Gasteiger partial charge in [0.25, 0.3) is 11.8 Å². The van der Waals surface area contributed by atoms with E-state index in [4.69, 9.17) is 0 Å². The lowest BCUT2D eigenvalue weighted by molar-refractivity contribution is 0.0698. The number of hydrogen-bond acceptors (Lipinski definition) is 5. The normalized spacial score (nSPS) is 14.2. The Morgan fingerprint density at radius 2 is 1.71 bits per heavy atom. The largest absolute Gasteiger partial charge is 0.349 e. The van der Waals surface area contributed by atoms with Crippen LogP contribution in [-0.4, -0.2) is 45.8 Å². The van der Waals surface area contributed by atoms with Crippen molar-refractivity contribution in [1.29, 1.82) is 0 Å². The fraction of sp³-hybridized carbons (Fsp3) is 0.250. The highest BCUT2D eigenvalue weighted by Gasteiger charge is 2.25. The Kier molecular flexibility index (Phi) is 6.21. The standard InChI is InChI=1S/C24H25N5O2/c1-17-6-2-3-9-21(17)22(30)27-19-10-14-29(15-11-19)23(31)18-7-4-8-20(16-18)28-24-25-12-5-13-26-24/h2-9,12-13,16,19H,10-11,14-15H2,1H3,(H,27,30)(H,25,26,28). The quantitative estimate of drug-likeness (QED) is 0.665. The molecule has 2 aromatic carbocycles. The fourth-order valence-electron chi connectivity index (χ4n) is 3.72. The minimum atomic E-state index is -0.0511. The molecular weight excluding hydrogens is 390 g/mol. The lowest BCUT2D eigenvalue weighted by atomic mass is 10.0. The number of piperidine rings is 1. The summed E-state index contributed by atoms with van der Waals surface area (Å²) in [5.41, 5.74) is 3.04. The van der Waals surface area contributed by atoms with E-state index < -0.39 is 0 Å². The van der Waals surface area contributed by atoms with E-state index in [0.717, 1.165) is 24.1 Å². The summed E-state index contributed by atoms with van der Waals surface area (Å²) in [7, 11) is 0. The maximum atomic E-state index is 13.0. The third-order valence-electron chi connectivity index (χ3n) is 5.44. The topological polar surface area (TPSA) is 87.2 Å². The molecule has 1 fully saturated rings. The first kappa shape index (κ1) is 20.5. The van der Waals surface area contributed by atoms with Gasteiger partial charge in [0.05, 0.1) is 0 Å². The Labute approximate surface area is 181 Å². The predicted molar refractivity (Wildman–Crippen MR) is 119 cm³/mol. The second kappa shape index (κ2) is 9.38. The number of amides is 2. The number of hydrogen-bond donors (Lipinski definition) is 2. The zero-order valence-corrected chi connectivity index (χ0v) is 17.4. The summed E-state index contributed by atoms with van der Waals surface area (Å²) in [6.07, 6.45) is 4.79. The summed E-state index contributed by atoms with van der Waals surface area (Å²) in [4.78, 5) is 35.7. The molecule has 0 radical (unpaired) electrons. The van der Waals surface area contributed by atoms with E-state index in [2.05, 4.69) is 20.6 Å². The number of carbonyl (C=O) groups is 2. The van der Waals surface area contributed by atoms with Gasteiger partial charge < -0.3 is 15.5 Å². The third kappa shape index (κ3) is 5.06. The zero-order valence-electron chi connectivity index (χ0n) is 17.4. The first-order valence-corrected chi connectivity index (χ1v) is 10.4. The number of rotatable bonds is 5. The van der Waals surface area contributed by atoms with Crippen LogP contribution in [0.3, 0.4) is 0 Å². The van der Waals surface area contributed by atoms with Crippen molar-refractivity contribution in [2.75, 3.05) is 18.4 Å². The summed E-state index contributed by atoms with van der Waals surface area (Å²) >= 11 is 0. The Bertz CT molecular complexity index is 1060. The van der Waals surface area contributed by atoms with Crippen LogP contribution in [0.2, 0.25) is 0 Å². The van der Waals surface area contributed by atoms with Gasteiger partial charge in [-0.1, -0.05) is 24.3 Å². The van der Waals surface area contributed by atoms with E-state index >= 15 is 0 Å². The van der Waals surface area contributed by atoms with Crippen LogP contribution in [-0.2, 0) is 0 Å². The number of anilines is 2. The molecule has 0 saturated carbocycles. The molecule has 2 N–H and O–H groups in total. The van der Waals surface area contributed by atoms with E-state index in [-0.39, 0.29) is 17.9 Å². The second-order valence-electron chi connectivity index (χ2n) is 7.63. The van der Waals surface area contributed by atoms with Gasteiger partial charge >= 0.3 is 0 Å². The van der Waals surface area contributed by atoms with Gasteiger partial charge in [-0.05, 0) is 55.7 Å². The molecule has 1 saturated heterocycles. The Morgan fingerprint density at radius 1 is 0.968 bits per heavy atom. The van der Waals surface area contributed by atoms with Gasteiger partial charge in [-0.3, -0.25) is 9.59 Å². The van der Waals surface area contributed by atoms with Crippen molar-refractivity contribution >= 4 is 23.5 Å². The molecular formula is C24H25N5O2. The van der Waals surface area contributed by atoms with Gasteiger partial charge in [0.1, 0.15) is 0 Å². The van der Waals surface area contributed by atoms with Crippen molar-refractivity contribution in [3.63, 3.8) is 0 Å². The minimum absolute atomic E-state index is 0.0127. The minimum Gasteiger partial charge on any atom is -0.349 e. The molecule has 3 aromatic rings. The highest BCUT2D eigenvalue weighted by molar-refractivity contribution is 5.96. The summed E-state index contributed by atoms with van der Waals surface area (Å²) in [6, 6.07) is 16.7. The average molecular weight is 415 g/mol. The number of carbonyl (C=O) groups excluding carboxylic acids is 2. The van der Waals surface area contributed by atoms with Crippen LogP contribution < -0.4 is 10.6 Å². The van der Waals surface area contributed by atoms with Crippen molar-refractivity contribution in [2.45, 2.75) is 25.8 Å². The molecule has 2 heterocycles. The maximum Gasteiger partial charge on any atom is 0.253 e. The molecule has 1 aliphatic rings. The van der Waals surface area contributed by atoms with Crippen molar-refractivity contribution in [3.05, 3.63) is 83.7 Å². The van der Waals surface area contributed by atoms with E-state index in [1.807, 2.05) is 60.4 Å². The van der Waals surface area contributed by atoms with Gasteiger partial charge in [0.15, 0.2) is 0 Å². The zero-order chi connectivity index (χ0) is 21.6. The smallest absolute Gasteiger partial charge is 0.253 e. The number of benzene rings is 2. The number of aryl methyl sites for hydroxylation is 1. The number of aromatic nitrogens is 2. The SMILES string of the molecule is Cc1ccccc1C(=O)NC1CCN(C(=O)c2cccc(Nc3ncccn3)c2)CC1. The lowest BCUT2D eigenvalue weighted by Crippen LogP contribution is -2.46. The van der Waals surface area contributed by atoms with Crippen molar-refractivity contribution in [3.8, 4) is 0 Å². The van der Waals surface area contributed by atoms with Gasteiger partial charge in [-0.15, -0.1) is 0 Å². The molecule has 158 valence electrons. The summed E-state index contributed by atoms with van der Waals surface area (Å²) in [5, 5.41) is 6.22. The average Bonchev–Trinajstić information content (AvgIpc) is 2.80. The summed E-state index contributed by atoms with van der Waals surface area (Å²) in [5.74, 6) is 0.420. The number of nitrogens with one attached hydrogen (secondary N) is 2.